The van der Waals surface area contributed by atoms with Crippen molar-refractivity contribution < 1.29 is 13.6 Å². The van der Waals surface area contributed by atoms with E-state index in [0.29, 0.717) is 18.7 Å². The van der Waals surface area contributed by atoms with Crippen LogP contribution in [-0.2, 0) is 4.79 Å². The lowest BCUT2D eigenvalue weighted by Crippen LogP contribution is -2.39. The molecule has 1 heterocycles. The van der Waals surface area contributed by atoms with Crippen LogP contribution in [0.3, 0.4) is 0 Å². The topological polar surface area (TPSA) is 32.3 Å². The second-order valence-electron chi connectivity index (χ2n) is 3.41. The average molecular weight is 204 g/mol. The van der Waals surface area contributed by atoms with Crippen LogP contribution in [0.1, 0.15) is 6.92 Å². The molecule has 0 aromatic heterocycles. The van der Waals surface area contributed by atoms with E-state index in [0.717, 1.165) is 10.5 Å². The lowest BCUT2D eigenvalue weighted by atomic mass is 10.0. The van der Waals surface area contributed by atoms with Gasteiger partial charge in [0, 0.05) is 25.7 Å². The molecule has 0 saturated carbocycles. The Bertz CT molecular complexity index is 258. The molecule has 1 fully saturated rings. The minimum atomic E-state index is -2.47. The number of hydrogen-bond donors (Lipinski definition) is 1. The van der Waals surface area contributed by atoms with Gasteiger partial charge in [0.05, 0.1) is 6.54 Å². The molecule has 0 aliphatic carbocycles. The fraction of sp³-hybridized carbons (Fsp3) is 0.667. The lowest BCUT2D eigenvalue weighted by Gasteiger charge is -2.24. The summed E-state index contributed by atoms with van der Waals surface area (Å²) in [6.45, 7) is 2.57. The van der Waals surface area contributed by atoms with Crippen molar-refractivity contribution in [1.29, 1.82) is 0 Å². The van der Waals surface area contributed by atoms with E-state index in [1.165, 1.54) is 7.05 Å². The Morgan fingerprint density at radius 3 is 2.50 bits per heavy atom. The summed E-state index contributed by atoms with van der Waals surface area (Å²) in [6.07, 6.45) is -2.47. The molecule has 0 aromatic carbocycles. The SMILES string of the molecule is CC(C(=O)N(C)CC(F)F)=C1CNC1. The van der Waals surface area contributed by atoms with Gasteiger partial charge < -0.3 is 10.2 Å². The maximum Gasteiger partial charge on any atom is 0.255 e. The second-order valence-corrected chi connectivity index (χ2v) is 3.41. The van der Waals surface area contributed by atoms with E-state index in [1.54, 1.807) is 6.92 Å². The summed E-state index contributed by atoms with van der Waals surface area (Å²) in [4.78, 5) is 12.6. The van der Waals surface area contributed by atoms with E-state index in [-0.39, 0.29) is 5.91 Å². The lowest BCUT2D eigenvalue weighted by molar-refractivity contribution is -0.127. The summed E-state index contributed by atoms with van der Waals surface area (Å²) in [7, 11) is 1.39. The van der Waals surface area contributed by atoms with E-state index in [1.807, 2.05) is 0 Å². The molecular formula is C9H14F2N2O. The summed E-state index contributed by atoms with van der Waals surface area (Å²) >= 11 is 0. The Balaban J connectivity index is 2.55. The molecule has 1 N–H and O–H groups in total. The highest BCUT2D eigenvalue weighted by Crippen LogP contribution is 2.11. The first-order valence-electron chi connectivity index (χ1n) is 4.45. The third-order valence-electron chi connectivity index (χ3n) is 2.29. The number of carbonyl (C=O) groups is 1. The zero-order chi connectivity index (χ0) is 10.7. The number of nitrogens with one attached hydrogen (secondary N) is 1. The van der Waals surface area contributed by atoms with Gasteiger partial charge in [-0.1, -0.05) is 0 Å². The molecule has 1 amide bonds. The Morgan fingerprint density at radius 2 is 2.14 bits per heavy atom. The molecule has 0 aromatic rings. The molecule has 0 bridgehead atoms. The van der Waals surface area contributed by atoms with Crippen LogP contribution in [0, 0.1) is 0 Å². The molecular weight excluding hydrogens is 190 g/mol. The maximum atomic E-state index is 12.0. The molecule has 0 radical (unpaired) electrons. The number of likely N-dealkylation sites (N-methyl/N-ethyl adjacent to an activating group) is 1. The number of amides is 1. The molecule has 1 saturated heterocycles. The van der Waals surface area contributed by atoms with E-state index < -0.39 is 13.0 Å². The average Bonchev–Trinajstić information content (AvgIpc) is 1.98. The van der Waals surface area contributed by atoms with Crippen LogP contribution < -0.4 is 5.32 Å². The Morgan fingerprint density at radius 1 is 1.57 bits per heavy atom. The zero-order valence-corrected chi connectivity index (χ0v) is 8.31. The van der Waals surface area contributed by atoms with Crippen molar-refractivity contribution >= 4 is 5.91 Å². The van der Waals surface area contributed by atoms with Crippen molar-refractivity contribution in [2.45, 2.75) is 13.3 Å². The predicted octanol–water partition coefficient (Wildman–Crippen LogP) is 0.630. The molecule has 0 atom stereocenters. The minimum Gasteiger partial charge on any atom is -0.336 e. The molecule has 1 aliphatic rings. The number of rotatable bonds is 3. The van der Waals surface area contributed by atoms with Crippen molar-refractivity contribution in [1.82, 2.24) is 10.2 Å². The van der Waals surface area contributed by atoms with E-state index in [4.69, 9.17) is 0 Å². The fourth-order valence-electron chi connectivity index (χ4n) is 1.24. The van der Waals surface area contributed by atoms with Crippen LogP contribution in [-0.4, -0.2) is 43.9 Å². The molecule has 0 unspecified atom stereocenters. The summed E-state index contributed by atoms with van der Waals surface area (Å²) < 4.78 is 24.0. The molecule has 80 valence electrons. The fourth-order valence-corrected chi connectivity index (χ4v) is 1.24. The van der Waals surface area contributed by atoms with Gasteiger partial charge in [-0.2, -0.15) is 0 Å². The van der Waals surface area contributed by atoms with Crippen LogP contribution in [0.2, 0.25) is 0 Å². The van der Waals surface area contributed by atoms with Gasteiger partial charge in [-0.15, -0.1) is 0 Å². The smallest absolute Gasteiger partial charge is 0.255 e. The minimum absolute atomic E-state index is 0.304. The standard InChI is InChI=1S/C9H14F2N2O/c1-6(7-3-12-4-7)9(14)13(2)5-8(10)11/h8,12H,3-5H2,1-2H3. The van der Waals surface area contributed by atoms with Crippen molar-refractivity contribution in [2.75, 3.05) is 26.7 Å². The third kappa shape index (κ3) is 2.51. The van der Waals surface area contributed by atoms with Gasteiger partial charge in [0.25, 0.3) is 6.43 Å². The van der Waals surface area contributed by atoms with Crippen LogP contribution in [0.5, 0.6) is 0 Å². The Labute approximate surface area is 81.8 Å². The third-order valence-corrected chi connectivity index (χ3v) is 2.29. The number of alkyl halides is 2. The number of halogens is 2. The normalized spacial score (nSPS) is 15.4. The predicted molar refractivity (Wildman–Crippen MR) is 49.2 cm³/mol. The van der Waals surface area contributed by atoms with Crippen molar-refractivity contribution in [2.24, 2.45) is 0 Å². The van der Waals surface area contributed by atoms with Crippen LogP contribution in [0.25, 0.3) is 0 Å². The molecule has 1 rings (SSSR count). The van der Waals surface area contributed by atoms with Gasteiger partial charge in [-0.25, -0.2) is 8.78 Å². The van der Waals surface area contributed by atoms with Gasteiger partial charge in [0.1, 0.15) is 0 Å². The zero-order valence-electron chi connectivity index (χ0n) is 8.31. The number of nitrogens with zero attached hydrogens (tertiary/aromatic N) is 1. The van der Waals surface area contributed by atoms with Crippen LogP contribution in [0.4, 0.5) is 8.78 Å². The second kappa shape index (κ2) is 4.50. The highest BCUT2D eigenvalue weighted by molar-refractivity contribution is 5.93. The van der Waals surface area contributed by atoms with Crippen molar-refractivity contribution in [3.63, 3.8) is 0 Å². The van der Waals surface area contributed by atoms with E-state index >= 15 is 0 Å². The summed E-state index contributed by atoms with van der Waals surface area (Å²) in [5.74, 6) is -0.304. The molecule has 5 heteroatoms. The highest BCUT2D eigenvalue weighted by atomic mass is 19.3. The van der Waals surface area contributed by atoms with E-state index in [2.05, 4.69) is 5.32 Å². The first kappa shape index (κ1) is 11.1. The van der Waals surface area contributed by atoms with Gasteiger partial charge in [-0.3, -0.25) is 4.79 Å². The highest BCUT2D eigenvalue weighted by Gasteiger charge is 2.20. The number of carbonyl (C=O) groups excluding carboxylic acids is 1. The quantitative estimate of drug-likeness (QED) is 0.684. The maximum absolute atomic E-state index is 12.0. The largest absolute Gasteiger partial charge is 0.336 e. The van der Waals surface area contributed by atoms with Crippen molar-refractivity contribution in [3.05, 3.63) is 11.1 Å². The van der Waals surface area contributed by atoms with Gasteiger partial charge >= 0.3 is 0 Å². The summed E-state index contributed by atoms with van der Waals surface area (Å²) in [5.41, 5.74) is 1.60. The molecule has 3 nitrogen and oxygen atoms in total. The summed E-state index contributed by atoms with van der Waals surface area (Å²) in [5, 5.41) is 3.00. The molecule has 0 spiro atoms. The van der Waals surface area contributed by atoms with Gasteiger partial charge in [0.2, 0.25) is 5.91 Å². The molecule has 14 heavy (non-hydrogen) atoms. The Hall–Kier alpha value is -0.970. The summed E-state index contributed by atoms with van der Waals surface area (Å²) in [6, 6.07) is 0. The van der Waals surface area contributed by atoms with Gasteiger partial charge in [-0.05, 0) is 12.5 Å². The van der Waals surface area contributed by atoms with E-state index in [9.17, 15) is 13.6 Å². The van der Waals surface area contributed by atoms with Gasteiger partial charge in [0.15, 0.2) is 0 Å². The first-order valence-corrected chi connectivity index (χ1v) is 4.45. The van der Waals surface area contributed by atoms with Crippen LogP contribution >= 0.6 is 0 Å². The monoisotopic (exact) mass is 204 g/mol. The Kier molecular flexibility index (Phi) is 3.57. The number of hydrogen-bond acceptors (Lipinski definition) is 2. The van der Waals surface area contributed by atoms with Crippen LogP contribution in [0.15, 0.2) is 11.1 Å². The van der Waals surface area contributed by atoms with Crippen molar-refractivity contribution in [3.8, 4) is 0 Å². The molecule has 1 aliphatic heterocycles. The first-order chi connectivity index (χ1) is 6.52.